The molecule has 3 N–H and O–H groups in total. The van der Waals surface area contributed by atoms with Crippen LogP contribution in [0.3, 0.4) is 0 Å². The highest BCUT2D eigenvalue weighted by Gasteiger charge is 2.19. The molecule has 0 aliphatic heterocycles. The Bertz CT molecular complexity index is 290. The van der Waals surface area contributed by atoms with Crippen LogP contribution in [0.5, 0.6) is 0 Å². The molecule has 0 aromatic heterocycles. The van der Waals surface area contributed by atoms with E-state index < -0.39 is 10.0 Å². The third-order valence-corrected chi connectivity index (χ3v) is 3.82. The molecule has 6 nitrogen and oxygen atoms in total. The summed E-state index contributed by atoms with van der Waals surface area (Å²) in [7, 11) is -1.71. The number of nitrogens with zero attached hydrogens (tertiary/aromatic N) is 1. The molecule has 15 heavy (non-hydrogen) atoms. The van der Waals surface area contributed by atoms with Gasteiger partial charge in [-0.3, -0.25) is 5.41 Å². The lowest BCUT2D eigenvalue weighted by Crippen LogP contribution is -2.37. The van der Waals surface area contributed by atoms with Crippen LogP contribution in [0.15, 0.2) is 0 Å². The maximum absolute atomic E-state index is 11.6. The smallest absolute Gasteiger partial charge is 0.213 e. The van der Waals surface area contributed by atoms with Crippen LogP contribution in [-0.4, -0.2) is 51.1 Å². The van der Waals surface area contributed by atoms with Crippen molar-refractivity contribution in [2.45, 2.75) is 13.3 Å². The van der Waals surface area contributed by atoms with Crippen LogP contribution in [0.4, 0.5) is 0 Å². The van der Waals surface area contributed by atoms with E-state index in [2.05, 4.69) is 0 Å². The molecule has 0 atom stereocenters. The maximum Gasteiger partial charge on any atom is 0.213 e. The number of nitrogens with one attached hydrogen (secondary N) is 1. The zero-order valence-electron chi connectivity index (χ0n) is 9.19. The predicted molar refractivity (Wildman–Crippen MR) is 59.4 cm³/mol. The van der Waals surface area contributed by atoms with Crippen LogP contribution in [0.1, 0.15) is 13.3 Å². The van der Waals surface area contributed by atoms with E-state index in [9.17, 15) is 8.42 Å². The molecule has 0 spiro atoms. The number of ether oxygens (including phenoxy) is 1. The van der Waals surface area contributed by atoms with E-state index in [0.717, 1.165) is 0 Å². The largest absolute Gasteiger partial charge is 0.388 e. The van der Waals surface area contributed by atoms with Crippen molar-refractivity contribution in [2.24, 2.45) is 5.73 Å². The van der Waals surface area contributed by atoms with Crippen molar-refractivity contribution in [2.75, 3.05) is 32.6 Å². The number of rotatable bonds is 8. The van der Waals surface area contributed by atoms with Crippen LogP contribution in [0, 0.1) is 5.41 Å². The average molecular weight is 237 g/mol. The molecule has 0 aliphatic carbocycles. The SMILES string of the molecule is CCS(=O)(=O)N(CCOC)CCC(=N)N. The lowest BCUT2D eigenvalue weighted by molar-refractivity contribution is 0.179. The number of sulfonamides is 1. The van der Waals surface area contributed by atoms with Gasteiger partial charge in [0.15, 0.2) is 0 Å². The number of nitrogens with two attached hydrogens (primary N) is 1. The minimum Gasteiger partial charge on any atom is -0.388 e. The van der Waals surface area contributed by atoms with Gasteiger partial charge in [-0.1, -0.05) is 0 Å². The summed E-state index contributed by atoms with van der Waals surface area (Å²) in [5.74, 6) is 0.0398. The second-order valence-corrected chi connectivity index (χ2v) is 5.33. The fourth-order valence-electron chi connectivity index (χ4n) is 1.01. The molecule has 7 heteroatoms. The number of amidine groups is 1. The molecule has 0 heterocycles. The molecule has 0 aromatic carbocycles. The summed E-state index contributed by atoms with van der Waals surface area (Å²) in [5, 5.41) is 7.05. The van der Waals surface area contributed by atoms with Crippen LogP contribution in [0.2, 0.25) is 0 Å². The molecule has 0 saturated carbocycles. The summed E-state index contributed by atoms with van der Waals surface area (Å²) in [6.07, 6.45) is 0.253. The van der Waals surface area contributed by atoms with Gasteiger partial charge in [0.2, 0.25) is 10.0 Å². The summed E-state index contributed by atoms with van der Waals surface area (Å²) >= 11 is 0. The van der Waals surface area contributed by atoms with E-state index in [4.69, 9.17) is 15.9 Å². The third-order valence-electron chi connectivity index (χ3n) is 1.93. The second-order valence-electron chi connectivity index (χ2n) is 3.07. The first kappa shape index (κ1) is 14.3. The fourth-order valence-corrected chi connectivity index (χ4v) is 2.10. The van der Waals surface area contributed by atoms with Crippen LogP contribution >= 0.6 is 0 Å². The highest BCUT2D eigenvalue weighted by Crippen LogP contribution is 2.02. The van der Waals surface area contributed by atoms with Gasteiger partial charge in [-0.05, 0) is 6.92 Å². The molecule has 0 rings (SSSR count). The lowest BCUT2D eigenvalue weighted by Gasteiger charge is -2.20. The second kappa shape index (κ2) is 6.76. The first-order valence-electron chi connectivity index (χ1n) is 4.73. The van der Waals surface area contributed by atoms with Crippen molar-refractivity contribution in [1.82, 2.24) is 4.31 Å². The standard InChI is InChI=1S/C8H19N3O3S/c1-3-15(12,13)11(6-7-14-2)5-4-8(9)10/h3-7H2,1-2H3,(H3,9,10). The van der Waals surface area contributed by atoms with Crippen LogP contribution in [0.25, 0.3) is 0 Å². The summed E-state index contributed by atoms with van der Waals surface area (Å²) < 4.78 is 29.3. The molecule has 0 saturated heterocycles. The number of hydrogen-bond donors (Lipinski definition) is 2. The molecule has 0 amide bonds. The van der Waals surface area contributed by atoms with Gasteiger partial charge in [0, 0.05) is 26.6 Å². The topological polar surface area (TPSA) is 96.5 Å². The zero-order chi connectivity index (χ0) is 11.9. The minimum absolute atomic E-state index is 0.0104. The van der Waals surface area contributed by atoms with Gasteiger partial charge >= 0.3 is 0 Å². The van der Waals surface area contributed by atoms with E-state index in [0.29, 0.717) is 13.2 Å². The van der Waals surface area contributed by atoms with Gasteiger partial charge in [0.05, 0.1) is 18.2 Å². The highest BCUT2D eigenvalue weighted by atomic mass is 32.2. The first-order valence-corrected chi connectivity index (χ1v) is 6.34. The molecule has 0 radical (unpaired) electrons. The fraction of sp³-hybridized carbons (Fsp3) is 0.875. The molecule has 0 fully saturated rings. The van der Waals surface area contributed by atoms with Gasteiger partial charge in [-0.15, -0.1) is 0 Å². The molecular formula is C8H19N3O3S. The van der Waals surface area contributed by atoms with Crippen molar-refractivity contribution in [3.63, 3.8) is 0 Å². The van der Waals surface area contributed by atoms with Gasteiger partial charge in [-0.2, -0.15) is 4.31 Å². The zero-order valence-corrected chi connectivity index (χ0v) is 10.0. The van der Waals surface area contributed by atoms with Crippen molar-refractivity contribution >= 4 is 15.9 Å². The van der Waals surface area contributed by atoms with Gasteiger partial charge in [0.25, 0.3) is 0 Å². The van der Waals surface area contributed by atoms with Crippen molar-refractivity contribution in [1.29, 1.82) is 5.41 Å². The minimum atomic E-state index is -3.23. The molecular weight excluding hydrogens is 218 g/mol. The Hall–Kier alpha value is -0.660. The Labute approximate surface area is 91.0 Å². The van der Waals surface area contributed by atoms with E-state index in [-0.39, 0.29) is 24.6 Å². The Balaban J connectivity index is 4.37. The van der Waals surface area contributed by atoms with E-state index in [1.54, 1.807) is 6.92 Å². The Morgan fingerprint density at radius 1 is 1.47 bits per heavy atom. The molecule has 0 unspecified atom stereocenters. The third kappa shape index (κ3) is 5.71. The molecule has 90 valence electrons. The summed E-state index contributed by atoms with van der Waals surface area (Å²) in [5.41, 5.74) is 5.18. The van der Waals surface area contributed by atoms with E-state index >= 15 is 0 Å². The number of methoxy groups -OCH3 is 1. The highest BCUT2D eigenvalue weighted by molar-refractivity contribution is 7.89. The summed E-state index contributed by atoms with van der Waals surface area (Å²) in [6.45, 7) is 2.48. The van der Waals surface area contributed by atoms with Gasteiger partial charge in [0.1, 0.15) is 0 Å². The first-order chi connectivity index (χ1) is 6.94. The predicted octanol–water partition coefficient (Wildman–Crippen LogP) is -0.389. The summed E-state index contributed by atoms with van der Waals surface area (Å²) in [6, 6.07) is 0. The quantitative estimate of drug-likeness (QED) is 0.444. The normalized spacial score (nSPS) is 11.9. The Kier molecular flexibility index (Phi) is 6.46. The van der Waals surface area contributed by atoms with Crippen LogP contribution < -0.4 is 5.73 Å². The monoisotopic (exact) mass is 237 g/mol. The maximum atomic E-state index is 11.6. The van der Waals surface area contributed by atoms with Gasteiger partial charge in [-0.25, -0.2) is 8.42 Å². The number of hydrogen-bond acceptors (Lipinski definition) is 4. The Morgan fingerprint density at radius 3 is 2.47 bits per heavy atom. The van der Waals surface area contributed by atoms with Crippen molar-refractivity contribution in [3.05, 3.63) is 0 Å². The molecule has 0 aliphatic rings. The lowest BCUT2D eigenvalue weighted by atomic mass is 10.4. The van der Waals surface area contributed by atoms with Crippen molar-refractivity contribution < 1.29 is 13.2 Å². The Morgan fingerprint density at radius 2 is 2.07 bits per heavy atom. The van der Waals surface area contributed by atoms with Gasteiger partial charge < -0.3 is 10.5 Å². The van der Waals surface area contributed by atoms with E-state index in [1.807, 2.05) is 0 Å². The van der Waals surface area contributed by atoms with Crippen LogP contribution in [-0.2, 0) is 14.8 Å². The van der Waals surface area contributed by atoms with Crippen molar-refractivity contribution in [3.8, 4) is 0 Å². The molecule has 0 aromatic rings. The average Bonchev–Trinajstić information content (AvgIpc) is 2.17. The summed E-state index contributed by atoms with van der Waals surface area (Å²) in [4.78, 5) is 0. The molecule has 0 bridgehead atoms. The van der Waals surface area contributed by atoms with E-state index in [1.165, 1.54) is 11.4 Å².